The second kappa shape index (κ2) is 4.65. The molecule has 3 N–H and O–H groups in total. The fourth-order valence-corrected chi connectivity index (χ4v) is 1.31. The fourth-order valence-electron chi connectivity index (χ4n) is 1.31. The summed E-state index contributed by atoms with van der Waals surface area (Å²) < 4.78 is 10.1. The normalized spacial score (nSPS) is 9.80. The van der Waals surface area contributed by atoms with E-state index in [-0.39, 0.29) is 12.1 Å². The third kappa shape index (κ3) is 2.19. The number of carbonyl (C=O) groups is 1. The Bertz CT molecular complexity index is 351. The first kappa shape index (κ1) is 11.3. The van der Waals surface area contributed by atoms with E-state index in [1.54, 1.807) is 0 Å². The molecule has 0 fully saturated rings. The maximum Gasteiger partial charge on any atom is 0.335 e. The highest BCUT2D eigenvalue weighted by molar-refractivity contribution is 5.89. The number of benzene rings is 1. The van der Waals surface area contributed by atoms with E-state index in [4.69, 9.17) is 20.3 Å². The summed E-state index contributed by atoms with van der Waals surface area (Å²) in [7, 11) is 2.92. The van der Waals surface area contributed by atoms with E-state index in [1.165, 1.54) is 26.4 Å². The molecule has 0 amide bonds. The highest BCUT2D eigenvalue weighted by Crippen LogP contribution is 2.29. The second-order valence-electron chi connectivity index (χ2n) is 2.87. The van der Waals surface area contributed by atoms with Crippen LogP contribution in [-0.4, -0.2) is 25.3 Å². The van der Waals surface area contributed by atoms with Crippen LogP contribution in [0.1, 0.15) is 15.9 Å². The van der Waals surface area contributed by atoms with E-state index >= 15 is 0 Å². The number of hydrogen-bond acceptors (Lipinski definition) is 4. The quantitative estimate of drug-likeness (QED) is 0.771. The van der Waals surface area contributed by atoms with Crippen LogP contribution in [0, 0.1) is 0 Å². The van der Waals surface area contributed by atoms with Gasteiger partial charge in [-0.1, -0.05) is 0 Å². The molecule has 0 unspecified atom stereocenters. The molecule has 5 heteroatoms. The van der Waals surface area contributed by atoms with Gasteiger partial charge in [-0.15, -0.1) is 0 Å². The van der Waals surface area contributed by atoms with Gasteiger partial charge in [0.15, 0.2) is 0 Å². The number of rotatable bonds is 4. The van der Waals surface area contributed by atoms with Gasteiger partial charge in [-0.3, -0.25) is 0 Å². The summed E-state index contributed by atoms with van der Waals surface area (Å²) in [6, 6.07) is 2.85. The SMILES string of the molecule is COc1cc(C(=O)O)cc(OC)c1CN. The summed E-state index contributed by atoms with van der Waals surface area (Å²) in [4.78, 5) is 10.8. The number of ether oxygens (including phenoxy) is 2. The molecule has 82 valence electrons. The van der Waals surface area contributed by atoms with Crippen molar-refractivity contribution >= 4 is 5.97 Å². The predicted octanol–water partition coefficient (Wildman–Crippen LogP) is 0.861. The van der Waals surface area contributed by atoms with Gasteiger partial charge in [-0.05, 0) is 12.1 Å². The van der Waals surface area contributed by atoms with Gasteiger partial charge in [-0.25, -0.2) is 4.79 Å². The predicted molar refractivity (Wildman–Crippen MR) is 54.4 cm³/mol. The Balaban J connectivity index is 3.35. The lowest BCUT2D eigenvalue weighted by atomic mass is 10.1. The molecule has 1 aromatic carbocycles. The van der Waals surface area contributed by atoms with E-state index in [2.05, 4.69) is 0 Å². The van der Waals surface area contributed by atoms with Crippen LogP contribution >= 0.6 is 0 Å². The molecule has 0 spiro atoms. The third-order valence-corrected chi connectivity index (χ3v) is 2.06. The van der Waals surface area contributed by atoms with E-state index in [0.717, 1.165) is 0 Å². The lowest BCUT2D eigenvalue weighted by Gasteiger charge is -2.12. The molecular weight excluding hydrogens is 198 g/mol. The topological polar surface area (TPSA) is 81.8 Å². The average Bonchev–Trinajstić information content (AvgIpc) is 2.26. The lowest BCUT2D eigenvalue weighted by Crippen LogP contribution is -2.06. The largest absolute Gasteiger partial charge is 0.496 e. The second-order valence-corrected chi connectivity index (χ2v) is 2.87. The van der Waals surface area contributed by atoms with Gasteiger partial charge in [0.2, 0.25) is 0 Å². The van der Waals surface area contributed by atoms with Crippen LogP contribution in [0.4, 0.5) is 0 Å². The Kier molecular flexibility index (Phi) is 3.51. The molecule has 0 saturated heterocycles. The van der Waals surface area contributed by atoms with Crippen LogP contribution in [0.15, 0.2) is 12.1 Å². The van der Waals surface area contributed by atoms with Crippen molar-refractivity contribution < 1.29 is 19.4 Å². The monoisotopic (exact) mass is 211 g/mol. The Hall–Kier alpha value is -1.75. The summed E-state index contributed by atoms with van der Waals surface area (Å²) in [5.74, 6) is -0.182. The minimum absolute atomic E-state index is 0.112. The highest BCUT2D eigenvalue weighted by Gasteiger charge is 2.14. The van der Waals surface area contributed by atoms with Crippen molar-refractivity contribution in [2.75, 3.05) is 14.2 Å². The summed E-state index contributed by atoms with van der Waals surface area (Å²) in [5, 5.41) is 8.85. The van der Waals surface area contributed by atoms with Gasteiger partial charge < -0.3 is 20.3 Å². The Morgan fingerprint density at radius 2 is 1.80 bits per heavy atom. The van der Waals surface area contributed by atoms with Crippen molar-refractivity contribution in [3.05, 3.63) is 23.3 Å². The first-order chi connectivity index (χ1) is 7.13. The minimum atomic E-state index is -1.03. The fraction of sp³-hybridized carbons (Fsp3) is 0.300. The van der Waals surface area contributed by atoms with Crippen LogP contribution in [0.5, 0.6) is 11.5 Å². The number of nitrogens with two attached hydrogens (primary N) is 1. The molecule has 0 aliphatic heterocycles. The Morgan fingerprint density at radius 3 is 2.07 bits per heavy atom. The summed E-state index contributed by atoms with van der Waals surface area (Å²) in [6.07, 6.45) is 0. The van der Waals surface area contributed by atoms with Gasteiger partial charge in [0.25, 0.3) is 0 Å². The zero-order valence-corrected chi connectivity index (χ0v) is 8.61. The van der Waals surface area contributed by atoms with Crippen molar-refractivity contribution in [3.63, 3.8) is 0 Å². The van der Waals surface area contributed by atoms with E-state index in [1.807, 2.05) is 0 Å². The molecule has 0 aliphatic carbocycles. The van der Waals surface area contributed by atoms with Gasteiger partial charge in [0.05, 0.1) is 19.8 Å². The van der Waals surface area contributed by atoms with Crippen molar-refractivity contribution in [2.45, 2.75) is 6.54 Å². The van der Waals surface area contributed by atoms with Crippen LogP contribution in [0.25, 0.3) is 0 Å². The third-order valence-electron chi connectivity index (χ3n) is 2.06. The molecule has 0 heterocycles. The van der Waals surface area contributed by atoms with Crippen molar-refractivity contribution in [3.8, 4) is 11.5 Å². The van der Waals surface area contributed by atoms with Crippen LogP contribution in [0.3, 0.4) is 0 Å². The van der Waals surface area contributed by atoms with Gasteiger partial charge >= 0.3 is 5.97 Å². The molecule has 0 aromatic heterocycles. The average molecular weight is 211 g/mol. The van der Waals surface area contributed by atoms with E-state index < -0.39 is 5.97 Å². The number of carboxylic acids is 1. The molecular formula is C10H13NO4. The highest BCUT2D eigenvalue weighted by atomic mass is 16.5. The first-order valence-electron chi connectivity index (χ1n) is 4.32. The summed E-state index contributed by atoms with van der Waals surface area (Å²) >= 11 is 0. The summed E-state index contributed by atoms with van der Waals surface area (Å²) in [5.41, 5.74) is 6.29. The molecule has 5 nitrogen and oxygen atoms in total. The van der Waals surface area contributed by atoms with Crippen molar-refractivity contribution in [1.29, 1.82) is 0 Å². The standard InChI is InChI=1S/C10H13NO4/c1-14-8-3-6(10(12)13)4-9(15-2)7(8)5-11/h3-4H,5,11H2,1-2H3,(H,12,13). The number of carboxylic acid groups (broad SMARTS) is 1. The molecule has 15 heavy (non-hydrogen) atoms. The zero-order chi connectivity index (χ0) is 11.4. The van der Waals surface area contributed by atoms with Gasteiger partial charge in [-0.2, -0.15) is 0 Å². The molecule has 1 rings (SSSR count). The molecule has 1 aromatic rings. The smallest absolute Gasteiger partial charge is 0.335 e. The number of aromatic carboxylic acids is 1. The number of methoxy groups -OCH3 is 2. The summed E-state index contributed by atoms with van der Waals surface area (Å²) in [6.45, 7) is 0.228. The molecule has 0 saturated carbocycles. The Labute approximate surface area is 87.4 Å². The first-order valence-corrected chi connectivity index (χ1v) is 4.32. The molecule has 0 atom stereocenters. The molecule has 0 bridgehead atoms. The van der Waals surface area contributed by atoms with E-state index in [0.29, 0.717) is 17.1 Å². The van der Waals surface area contributed by atoms with Crippen LogP contribution < -0.4 is 15.2 Å². The van der Waals surface area contributed by atoms with Gasteiger partial charge in [0.1, 0.15) is 11.5 Å². The van der Waals surface area contributed by atoms with Crippen molar-refractivity contribution in [2.24, 2.45) is 5.73 Å². The maximum atomic E-state index is 10.8. The van der Waals surface area contributed by atoms with Crippen LogP contribution in [-0.2, 0) is 6.54 Å². The Morgan fingerprint density at radius 1 is 1.33 bits per heavy atom. The van der Waals surface area contributed by atoms with E-state index in [9.17, 15) is 4.79 Å². The van der Waals surface area contributed by atoms with Crippen molar-refractivity contribution in [1.82, 2.24) is 0 Å². The number of hydrogen-bond donors (Lipinski definition) is 2. The molecule has 0 aliphatic rings. The maximum absolute atomic E-state index is 10.8. The molecule has 0 radical (unpaired) electrons. The van der Waals surface area contributed by atoms with Crippen LogP contribution in [0.2, 0.25) is 0 Å². The zero-order valence-electron chi connectivity index (χ0n) is 8.61. The lowest BCUT2D eigenvalue weighted by molar-refractivity contribution is 0.0696. The van der Waals surface area contributed by atoms with Gasteiger partial charge in [0, 0.05) is 12.1 Å². The minimum Gasteiger partial charge on any atom is -0.496 e.